The molecule has 0 aromatic carbocycles. The van der Waals surface area contributed by atoms with Gasteiger partial charge in [-0.25, -0.2) is 0 Å². The Morgan fingerprint density at radius 2 is 1.15 bits per heavy atom. The summed E-state index contributed by atoms with van der Waals surface area (Å²) in [7, 11) is -1.97. The smallest absolute Gasteiger partial charge is 0.190 e. The molecule has 0 aliphatic rings. The summed E-state index contributed by atoms with van der Waals surface area (Å²) in [6, 6.07) is 0. The third kappa shape index (κ3) is 1.95. The number of amides is 1. The maximum Gasteiger partial charge on any atom is 0.190 e. The molecule has 0 radical (unpaired) electrons. The van der Waals surface area contributed by atoms with Crippen LogP contribution in [-0.2, 0) is 0 Å². The Kier molecular flexibility index (Phi) is 4.16. The lowest BCUT2D eigenvalue weighted by molar-refractivity contribution is 0.263. The fourth-order valence-corrected chi connectivity index (χ4v) is 8.56. The monoisotopic (exact) mass is 201 g/mol. The normalized spacial score (nSPS) is 13.0. The van der Waals surface area contributed by atoms with Crippen molar-refractivity contribution in [2.75, 3.05) is 0 Å². The van der Waals surface area contributed by atoms with Gasteiger partial charge in [-0.15, -0.1) is 0 Å². The van der Waals surface area contributed by atoms with Crippen molar-refractivity contribution in [3.8, 4) is 0 Å². The lowest BCUT2D eigenvalue weighted by Gasteiger charge is -2.39. The number of hydrogen-bond donors (Lipinski definition) is 1. The molecule has 0 aliphatic heterocycles. The minimum Gasteiger partial charge on any atom is -0.374 e. The van der Waals surface area contributed by atoms with E-state index in [1.54, 1.807) is 0 Å². The zero-order valence-electron chi connectivity index (χ0n) is 9.72. The SMILES string of the molecule is CC(C)[Si](C(N)=O)(C(C)C)C(C)C. The highest BCUT2D eigenvalue weighted by Gasteiger charge is 2.48. The molecule has 0 atom stereocenters. The average molecular weight is 201 g/mol. The van der Waals surface area contributed by atoms with E-state index in [0.717, 1.165) is 0 Å². The first-order valence-corrected chi connectivity index (χ1v) is 7.30. The van der Waals surface area contributed by atoms with E-state index in [0.29, 0.717) is 16.6 Å². The molecule has 0 aromatic heterocycles. The Labute approximate surface area is 82.9 Å². The van der Waals surface area contributed by atoms with Gasteiger partial charge < -0.3 is 5.73 Å². The quantitative estimate of drug-likeness (QED) is 0.697. The summed E-state index contributed by atoms with van der Waals surface area (Å²) in [5, 5.41) is 0. The van der Waals surface area contributed by atoms with Crippen molar-refractivity contribution in [2.24, 2.45) is 5.73 Å². The average Bonchev–Trinajstić information content (AvgIpc) is 1.82. The number of carbonyl (C=O) groups excluding carboxylic acids is 1. The van der Waals surface area contributed by atoms with Crippen LogP contribution >= 0.6 is 0 Å². The maximum atomic E-state index is 11.6. The summed E-state index contributed by atoms with van der Waals surface area (Å²) >= 11 is 0. The fourth-order valence-electron chi connectivity index (χ4n) is 2.85. The zero-order valence-corrected chi connectivity index (χ0v) is 10.7. The highest BCUT2D eigenvalue weighted by molar-refractivity contribution is 7.08. The van der Waals surface area contributed by atoms with Crippen LogP contribution in [-0.4, -0.2) is 13.6 Å². The van der Waals surface area contributed by atoms with E-state index in [1.807, 2.05) is 0 Å². The predicted octanol–water partition coefficient (Wildman–Crippen LogP) is 3.33. The molecule has 78 valence electrons. The van der Waals surface area contributed by atoms with Gasteiger partial charge >= 0.3 is 0 Å². The van der Waals surface area contributed by atoms with Crippen molar-refractivity contribution in [3.63, 3.8) is 0 Å². The molecule has 0 spiro atoms. The van der Waals surface area contributed by atoms with Crippen molar-refractivity contribution < 1.29 is 4.79 Å². The fraction of sp³-hybridized carbons (Fsp3) is 0.900. The summed E-state index contributed by atoms with van der Waals surface area (Å²) in [6.45, 7) is 12.8. The summed E-state index contributed by atoms with van der Waals surface area (Å²) in [4.78, 5) is 11.6. The van der Waals surface area contributed by atoms with E-state index in [1.165, 1.54) is 0 Å². The lowest BCUT2D eigenvalue weighted by atomic mass is 10.5. The van der Waals surface area contributed by atoms with Crippen LogP contribution in [0.1, 0.15) is 41.5 Å². The molecule has 0 aromatic rings. The van der Waals surface area contributed by atoms with Gasteiger partial charge in [-0.2, -0.15) is 0 Å². The van der Waals surface area contributed by atoms with Crippen LogP contribution in [0, 0.1) is 0 Å². The third-order valence-corrected chi connectivity index (χ3v) is 9.88. The van der Waals surface area contributed by atoms with Gasteiger partial charge in [0.15, 0.2) is 13.6 Å². The molecule has 0 heterocycles. The van der Waals surface area contributed by atoms with Crippen molar-refractivity contribution in [3.05, 3.63) is 0 Å². The summed E-state index contributed by atoms with van der Waals surface area (Å²) in [5.74, 6) is 0. The molecule has 2 N–H and O–H groups in total. The highest BCUT2D eigenvalue weighted by Crippen LogP contribution is 2.41. The number of primary amides is 1. The lowest BCUT2D eigenvalue weighted by Crippen LogP contribution is -2.55. The van der Waals surface area contributed by atoms with Crippen LogP contribution in [0.15, 0.2) is 0 Å². The third-order valence-electron chi connectivity index (χ3n) is 3.29. The minimum atomic E-state index is -1.97. The Bertz CT molecular complexity index is 166. The zero-order chi connectivity index (χ0) is 10.8. The van der Waals surface area contributed by atoms with Gasteiger partial charge in [0.2, 0.25) is 0 Å². The van der Waals surface area contributed by atoms with E-state index in [-0.39, 0.29) is 5.53 Å². The first-order valence-electron chi connectivity index (χ1n) is 5.07. The molecule has 0 aliphatic carbocycles. The molecule has 3 heteroatoms. The molecule has 0 rings (SSSR count). The van der Waals surface area contributed by atoms with Crippen LogP contribution < -0.4 is 5.73 Å². The van der Waals surface area contributed by atoms with Gasteiger partial charge in [-0.3, -0.25) is 4.79 Å². The second-order valence-electron chi connectivity index (χ2n) is 4.76. The van der Waals surface area contributed by atoms with Gasteiger partial charge in [0, 0.05) is 0 Å². The molecular weight excluding hydrogens is 178 g/mol. The Hall–Kier alpha value is -0.313. The predicted molar refractivity (Wildman–Crippen MR) is 60.6 cm³/mol. The van der Waals surface area contributed by atoms with Gasteiger partial charge in [0.25, 0.3) is 0 Å². The van der Waals surface area contributed by atoms with Crippen LogP contribution in [0.3, 0.4) is 0 Å². The largest absolute Gasteiger partial charge is 0.374 e. The van der Waals surface area contributed by atoms with Crippen molar-refractivity contribution in [2.45, 2.75) is 58.2 Å². The second-order valence-corrected chi connectivity index (χ2v) is 10.6. The molecule has 13 heavy (non-hydrogen) atoms. The van der Waals surface area contributed by atoms with Crippen LogP contribution in [0.25, 0.3) is 0 Å². The van der Waals surface area contributed by atoms with E-state index in [4.69, 9.17) is 5.73 Å². The van der Waals surface area contributed by atoms with Crippen molar-refractivity contribution in [1.82, 2.24) is 0 Å². The van der Waals surface area contributed by atoms with Gasteiger partial charge in [-0.1, -0.05) is 41.5 Å². The van der Waals surface area contributed by atoms with E-state index >= 15 is 0 Å². The van der Waals surface area contributed by atoms with Crippen molar-refractivity contribution in [1.29, 1.82) is 0 Å². The Morgan fingerprint density at radius 3 is 1.15 bits per heavy atom. The number of carbonyl (C=O) groups is 1. The van der Waals surface area contributed by atoms with Crippen LogP contribution in [0.2, 0.25) is 16.6 Å². The first-order chi connectivity index (χ1) is 5.77. The number of nitrogens with two attached hydrogens (primary N) is 1. The molecule has 2 nitrogen and oxygen atoms in total. The molecule has 0 fully saturated rings. The van der Waals surface area contributed by atoms with Gasteiger partial charge in [0.1, 0.15) is 0 Å². The maximum absolute atomic E-state index is 11.6. The molecule has 0 bridgehead atoms. The summed E-state index contributed by atoms with van der Waals surface area (Å²) in [5.41, 5.74) is 6.88. The molecule has 0 unspecified atom stereocenters. The molecule has 1 amide bonds. The van der Waals surface area contributed by atoms with Gasteiger partial charge in [0.05, 0.1) is 0 Å². The molecular formula is C10H23NOSi. The first kappa shape index (κ1) is 12.7. The topological polar surface area (TPSA) is 43.1 Å². The Balaban J connectivity index is 5.19. The molecule has 0 saturated heterocycles. The summed E-state index contributed by atoms with van der Waals surface area (Å²) < 4.78 is 0. The minimum absolute atomic E-state index is 0.0208. The van der Waals surface area contributed by atoms with E-state index in [9.17, 15) is 4.79 Å². The number of rotatable bonds is 4. The standard InChI is InChI=1S/C10H23NOSi/c1-7(2)13(8(3)4,9(5)6)10(11)12/h7-9H,1-6H3,(H2,11,12). The number of hydrogen-bond acceptors (Lipinski definition) is 1. The van der Waals surface area contributed by atoms with Crippen LogP contribution in [0.4, 0.5) is 4.79 Å². The van der Waals surface area contributed by atoms with Crippen LogP contribution in [0.5, 0.6) is 0 Å². The Morgan fingerprint density at radius 1 is 0.923 bits per heavy atom. The van der Waals surface area contributed by atoms with Gasteiger partial charge in [-0.05, 0) is 16.6 Å². The second kappa shape index (κ2) is 4.27. The van der Waals surface area contributed by atoms with E-state index in [2.05, 4.69) is 41.5 Å². The van der Waals surface area contributed by atoms with E-state index < -0.39 is 8.07 Å². The van der Waals surface area contributed by atoms with Crippen molar-refractivity contribution >= 4 is 13.6 Å². The molecule has 0 saturated carbocycles. The summed E-state index contributed by atoms with van der Waals surface area (Å²) in [6.07, 6.45) is 0. The highest BCUT2D eigenvalue weighted by atomic mass is 28.3.